The van der Waals surface area contributed by atoms with E-state index in [9.17, 15) is 18.0 Å². The van der Waals surface area contributed by atoms with E-state index in [1.54, 1.807) is 45.0 Å². The fraction of sp³-hybridized carbons (Fsp3) is 0.310. The number of hydrogen-bond acceptors (Lipinski definition) is 4. The summed E-state index contributed by atoms with van der Waals surface area (Å²) in [6.07, 6.45) is -5.96. The van der Waals surface area contributed by atoms with Gasteiger partial charge in [-0.1, -0.05) is 47.0 Å². The molecule has 5 nitrogen and oxygen atoms in total. The second-order valence-electron chi connectivity index (χ2n) is 9.42. The van der Waals surface area contributed by atoms with Gasteiger partial charge in [-0.3, -0.25) is 10.3 Å². The molecule has 1 N–H and O–H groups in total. The Morgan fingerprint density at radius 3 is 2.44 bits per heavy atom. The lowest BCUT2D eigenvalue weighted by molar-refractivity contribution is -0.137. The number of rotatable bonds is 6. The van der Waals surface area contributed by atoms with Gasteiger partial charge in [0.2, 0.25) is 5.90 Å². The van der Waals surface area contributed by atoms with Gasteiger partial charge in [-0.2, -0.15) is 13.2 Å². The normalized spacial score (nSPS) is 17.0. The fourth-order valence-electron chi connectivity index (χ4n) is 4.70. The maximum atomic E-state index is 13.4. The molecule has 1 aliphatic rings. The molecule has 3 aromatic carbocycles. The molecule has 1 fully saturated rings. The smallest absolute Gasteiger partial charge is 0.416 e. The van der Waals surface area contributed by atoms with Crippen LogP contribution in [-0.2, 0) is 22.2 Å². The van der Waals surface area contributed by atoms with Crippen LogP contribution in [0.5, 0.6) is 0 Å². The Balaban J connectivity index is 0.00000420. The van der Waals surface area contributed by atoms with Crippen molar-refractivity contribution in [2.24, 2.45) is 0 Å². The Morgan fingerprint density at radius 2 is 1.77 bits per heavy atom. The molecule has 0 aromatic heterocycles. The summed E-state index contributed by atoms with van der Waals surface area (Å²) >= 11 is 6.56. The SMILES string of the molecule is CCOC(=N)c1ccc(Cl)c(-c2ccc(C)cc2CN2C(=O)O[C@H](c3cc(C)cc(C(F)(F)F)c3)[C@@H]2C)c1.Cl. The molecule has 39 heavy (non-hydrogen) atoms. The first-order valence-electron chi connectivity index (χ1n) is 12.2. The minimum Gasteiger partial charge on any atom is -0.478 e. The van der Waals surface area contributed by atoms with Gasteiger partial charge < -0.3 is 9.47 Å². The first kappa shape index (κ1) is 30.3. The summed E-state index contributed by atoms with van der Waals surface area (Å²) in [6, 6.07) is 14.2. The number of carbonyl (C=O) groups excluding carboxylic acids is 1. The maximum Gasteiger partial charge on any atom is 0.416 e. The molecule has 1 amide bonds. The Morgan fingerprint density at radius 1 is 1.05 bits per heavy atom. The summed E-state index contributed by atoms with van der Waals surface area (Å²) < 4.78 is 51.2. The Hall–Kier alpha value is -3.23. The van der Waals surface area contributed by atoms with E-state index in [0.717, 1.165) is 28.8 Å². The largest absolute Gasteiger partial charge is 0.478 e. The standard InChI is InChI=1S/C29H28ClF3N2O3.ClH/c1-5-37-27(34)19-7-9-25(30)24(14-19)23-8-6-16(2)10-21(23)15-35-18(4)26(38-28(35)36)20-11-17(3)12-22(13-20)29(31,32)33;/h6-14,18,26,34H,5,15H2,1-4H3;1H/t18-,26-;/m0./s1. The van der Waals surface area contributed by atoms with Crippen LogP contribution in [0, 0.1) is 19.3 Å². The van der Waals surface area contributed by atoms with E-state index in [0.29, 0.717) is 33.9 Å². The van der Waals surface area contributed by atoms with E-state index in [1.807, 2.05) is 25.1 Å². The van der Waals surface area contributed by atoms with Crippen LogP contribution in [-0.4, -0.2) is 29.5 Å². The number of halogens is 5. The molecule has 0 unspecified atom stereocenters. The van der Waals surface area contributed by atoms with Crippen LogP contribution >= 0.6 is 24.0 Å². The fourth-order valence-corrected chi connectivity index (χ4v) is 4.92. The summed E-state index contributed by atoms with van der Waals surface area (Å²) in [6.45, 7) is 7.59. The van der Waals surface area contributed by atoms with E-state index in [1.165, 1.54) is 4.90 Å². The summed E-state index contributed by atoms with van der Waals surface area (Å²) in [5.74, 6) is 0.0232. The van der Waals surface area contributed by atoms with Crippen molar-refractivity contribution >= 4 is 36.0 Å². The predicted molar refractivity (Wildman–Crippen MR) is 148 cm³/mol. The number of benzene rings is 3. The molecule has 4 rings (SSSR count). The van der Waals surface area contributed by atoms with E-state index < -0.39 is 30.0 Å². The number of nitrogens with one attached hydrogen (secondary N) is 1. The number of nitrogens with zero attached hydrogens (tertiary/aromatic N) is 1. The molecule has 0 radical (unpaired) electrons. The quantitative estimate of drug-likeness (QED) is 0.235. The molecule has 0 bridgehead atoms. The highest BCUT2D eigenvalue weighted by atomic mass is 35.5. The van der Waals surface area contributed by atoms with Crippen molar-refractivity contribution < 1.29 is 27.4 Å². The van der Waals surface area contributed by atoms with E-state index in [2.05, 4.69) is 0 Å². The van der Waals surface area contributed by atoms with Crippen molar-refractivity contribution in [1.29, 1.82) is 5.41 Å². The number of aryl methyl sites for hydroxylation is 2. The highest BCUT2D eigenvalue weighted by Gasteiger charge is 2.41. The third-order valence-corrected chi connectivity index (χ3v) is 6.89. The maximum absolute atomic E-state index is 13.4. The summed E-state index contributed by atoms with van der Waals surface area (Å²) in [5.41, 5.74) is 3.72. The topological polar surface area (TPSA) is 62.6 Å². The van der Waals surface area contributed by atoms with Crippen molar-refractivity contribution in [2.75, 3.05) is 6.61 Å². The zero-order chi connectivity index (χ0) is 27.8. The first-order chi connectivity index (χ1) is 17.9. The number of amides is 1. The van der Waals surface area contributed by atoms with Crippen LogP contribution in [0.25, 0.3) is 11.1 Å². The van der Waals surface area contributed by atoms with Gasteiger partial charge in [0.25, 0.3) is 0 Å². The summed E-state index contributed by atoms with van der Waals surface area (Å²) in [7, 11) is 0. The van der Waals surface area contributed by atoms with Gasteiger partial charge in [0.1, 0.15) is 6.10 Å². The highest BCUT2D eigenvalue weighted by molar-refractivity contribution is 6.33. The van der Waals surface area contributed by atoms with Crippen LogP contribution in [0.15, 0.2) is 54.6 Å². The third kappa shape index (κ3) is 6.50. The Bertz CT molecular complexity index is 1390. The second kappa shape index (κ2) is 11.9. The molecular weight excluding hydrogens is 552 g/mol. The van der Waals surface area contributed by atoms with Crippen molar-refractivity contribution in [2.45, 2.75) is 52.6 Å². The molecular formula is C29H29Cl2F3N2O3. The minimum atomic E-state index is -4.50. The van der Waals surface area contributed by atoms with Gasteiger partial charge in [0.05, 0.1) is 24.8 Å². The monoisotopic (exact) mass is 580 g/mol. The van der Waals surface area contributed by atoms with Crippen molar-refractivity contribution in [3.8, 4) is 11.1 Å². The lowest BCUT2D eigenvalue weighted by Gasteiger charge is -2.23. The number of alkyl halides is 3. The van der Waals surface area contributed by atoms with Crippen molar-refractivity contribution in [3.05, 3.63) is 93.0 Å². The number of hydrogen-bond donors (Lipinski definition) is 1. The highest BCUT2D eigenvalue weighted by Crippen LogP contribution is 2.39. The molecule has 208 valence electrons. The van der Waals surface area contributed by atoms with Crippen LogP contribution < -0.4 is 0 Å². The van der Waals surface area contributed by atoms with Gasteiger partial charge in [0.15, 0.2) is 0 Å². The molecule has 2 atom stereocenters. The van der Waals surface area contributed by atoms with Gasteiger partial charge >= 0.3 is 12.3 Å². The summed E-state index contributed by atoms with van der Waals surface area (Å²) in [4.78, 5) is 14.5. The molecule has 0 saturated carbocycles. The average Bonchev–Trinajstić information content (AvgIpc) is 3.12. The van der Waals surface area contributed by atoms with E-state index in [-0.39, 0.29) is 24.8 Å². The minimum absolute atomic E-state index is 0. The Kier molecular flexibility index (Phi) is 9.23. The van der Waals surface area contributed by atoms with E-state index in [4.69, 9.17) is 26.5 Å². The van der Waals surface area contributed by atoms with Crippen LogP contribution in [0.3, 0.4) is 0 Å². The van der Waals surface area contributed by atoms with Gasteiger partial charge in [0, 0.05) is 16.1 Å². The number of ether oxygens (including phenoxy) is 2. The van der Waals surface area contributed by atoms with Crippen molar-refractivity contribution in [1.82, 2.24) is 4.90 Å². The van der Waals surface area contributed by atoms with E-state index >= 15 is 0 Å². The van der Waals surface area contributed by atoms with Gasteiger partial charge in [-0.25, -0.2) is 4.79 Å². The van der Waals surface area contributed by atoms with Gasteiger partial charge in [-0.15, -0.1) is 12.4 Å². The first-order valence-corrected chi connectivity index (χ1v) is 12.5. The lowest BCUT2D eigenvalue weighted by atomic mass is 9.95. The third-order valence-electron chi connectivity index (χ3n) is 6.56. The lowest BCUT2D eigenvalue weighted by Crippen LogP contribution is -2.31. The molecule has 10 heteroatoms. The number of cyclic esters (lactones) is 1. The zero-order valence-corrected chi connectivity index (χ0v) is 23.4. The van der Waals surface area contributed by atoms with Crippen LogP contribution in [0.2, 0.25) is 5.02 Å². The van der Waals surface area contributed by atoms with Crippen LogP contribution in [0.4, 0.5) is 18.0 Å². The molecule has 1 heterocycles. The van der Waals surface area contributed by atoms with Gasteiger partial charge in [-0.05, 0) is 74.7 Å². The molecule has 0 spiro atoms. The average molecular weight is 581 g/mol. The molecule has 1 saturated heterocycles. The zero-order valence-electron chi connectivity index (χ0n) is 21.9. The second-order valence-corrected chi connectivity index (χ2v) is 9.83. The predicted octanol–water partition coefficient (Wildman–Crippen LogP) is 8.51. The van der Waals surface area contributed by atoms with Crippen molar-refractivity contribution in [3.63, 3.8) is 0 Å². The number of carbonyl (C=O) groups is 1. The molecule has 0 aliphatic carbocycles. The Labute approximate surface area is 236 Å². The summed E-state index contributed by atoms with van der Waals surface area (Å²) in [5, 5.41) is 8.62. The molecule has 1 aliphatic heterocycles. The van der Waals surface area contributed by atoms with Crippen LogP contribution in [0.1, 0.15) is 53.3 Å². The molecule has 3 aromatic rings.